The minimum atomic E-state index is 0.278. The Morgan fingerprint density at radius 1 is 1.55 bits per heavy atom. The van der Waals surface area contributed by atoms with E-state index in [1.54, 1.807) is 0 Å². The van der Waals surface area contributed by atoms with Gasteiger partial charge in [0.1, 0.15) is 0 Å². The molecule has 0 aromatic heterocycles. The van der Waals surface area contributed by atoms with Crippen molar-refractivity contribution < 1.29 is 5.11 Å². The predicted octanol–water partition coefficient (Wildman–Crippen LogP) is -0.210. The number of rotatable bonds is 2. The van der Waals surface area contributed by atoms with E-state index in [-0.39, 0.29) is 6.61 Å². The number of likely N-dealkylation sites (N-methyl/N-ethyl adjacent to an activating group) is 1. The van der Waals surface area contributed by atoms with Gasteiger partial charge in [-0.2, -0.15) is 0 Å². The first kappa shape index (κ1) is 8.97. The standard InChI is InChI=1S/C8H18N2O/c1-2-10-5-7(9)3-4-8(10)6-11/h7-8,11H,2-6,9H2,1H3/t7-,8+/m1/s1. The second-order valence-electron chi connectivity index (χ2n) is 3.26. The lowest BCUT2D eigenvalue weighted by molar-refractivity contribution is 0.0862. The highest BCUT2D eigenvalue weighted by molar-refractivity contribution is 4.81. The normalized spacial score (nSPS) is 34.1. The third kappa shape index (κ3) is 2.15. The summed E-state index contributed by atoms with van der Waals surface area (Å²) in [6.07, 6.45) is 2.10. The number of aliphatic hydroxyl groups is 1. The van der Waals surface area contributed by atoms with Crippen LogP contribution < -0.4 is 5.73 Å². The zero-order chi connectivity index (χ0) is 8.27. The minimum Gasteiger partial charge on any atom is -0.395 e. The Morgan fingerprint density at radius 3 is 2.82 bits per heavy atom. The monoisotopic (exact) mass is 158 g/mol. The first-order chi connectivity index (χ1) is 5.27. The number of aliphatic hydroxyl groups excluding tert-OH is 1. The highest BCUT2D eigenvalue weighted by Gasteiger charge is 2.23. The molecule has 0 unspecified atom stereocenters. The predicted molar refractivity (Wildman–Crippen MR) is 45.3 cm³/mol. The lowest BCUT2D eigenvalue weighted by Crippen LogP contribution is -2.49. The fourth-order valence-corrected chi connectivity index (χ4v) is 1.72. The summed E-state index contributed by atoms with van der Waals surface area (Å²) in [5.41, 5.74) is 5.79. The van der Waals surface area contributed by atoms with Gasteiger partial charge in [-0.3, -0.25) is 4.90 Å². The van der Waals surface area contributed by atoms with Gasteiger partial charge in [-0.05, 0) is 19.4 Å². The molecule has 0 amide bonds. The third-order valence-electron chi connectivity index (χ3n) is 2.47. The zero-order valence-electron chi connectivity index (χ0n) is 7.16. The molecule has 0 aromatic rings. The van der Waals surface area contributed by atoms with E-state index in [2.05, 4.69) is 11.8 Å². The largest absolute Gasteiger partial charge is 0.395 e. The second-order valence-corrected chi connectivity index (χ2v) is 3.26. The van der Waals surface area contributed by atoms with Gasteiger partial charge in [0.05, 0.1) is 6.61 Å². The summed E-state index contributed by atoms with van der Waals surface area (Å²) in [4.78, 5) is 2.26. The van der Waals surface area contributed by atoms with Gasteiger partial charge in [0.15, 0.2) is 0 Å². The van der Waals surface area contributed by atoms with Crippen LogP contribution >= 0.6 is 0 Å². The molecule has 3 heteroatoms. The van der Waals surface area contributed by atoms with Crippen molar-refractivity contribution in [3.8, 4) is 0 Å². The van der Waals surface area contributed by atoms with E-state index >= 15 is 0 Å². The Hall–Kier alpha value is -0.120. The fraction of sp³-hybridized carbons (Fsp3) is 1.00. The van der Waals surface area contributed by atoms with Crippen LogP contribution in [-0.2, 0) is 0 Å². The van der Waals surface area contributed by atoms with Gasteiger partial charge in [0.2, 0.25) is 0 Å². The molecule has 66 valence electrons. The van der Waals surface area contributed by atoms with E-state index < -0.39 is 0 Å². The van der Waals surface area contributed by atoms with E-state index in [0.29, 0.717) is 12.1 Å². The maximum absolute atomic E-state index is 9.00. The summed E-state index contributed by atoms with van der Waals surface area (Å²) in [6, 6.07) is 0.678. The van der Waals surface area contributed by atoms with E-state index in [1.807, 2.05) is 0 Å². The minimum absolute atomic E-state index is 0.278. The van der Waals surface area contributed by atoms with Crippen molar-refractivity contribution in [3.05, 3.63) is 0 Å². The van der Waals surface area contributed by atoms with Crippen LogP contribution in [0.4, 0.5) is 0 Å². The van der Waals surface area contributed by atoms with Gasteiger partial charge in [-0.15, -0.1) is 0 Å². The Morgan fingerprint density at radius 2 is 2.27 bits per heavy atom. The first-order valence-corrected chi connectivity index (χ1v) is 4.38. The van der Waals surface area contributed by atoms with Crippen molar-refractivity contribution >= 4 is 0 Å². The number of likely N-dealkylation sites (tertiary alicyclic amines) is 1. The topological polar surface area (TPSA) is 49.5 Å². The van der Waals surface area contributed by atoms with E-state index in [1.165, 1.54) is 0 Å². The Balaban J connectivity index is 2.41. The molecular formula is C8H18N2O. The molecule has 1 rings (SSSR count). The molecule has 3 nitrogen and oxygen atoms in total. The smallest absolute Gasteiger partial charge is 0.0586 e. The summed E-state index contributed by atoms with van der Waals surface area (Å²) in [6.45, 7) is 4.34. The van der Waals surface area contributed by atoms with Crippen LogP contribution in [0.5, 0.6) is 0 Å². The molecule has 1 heterocycles. The summed E-state index contributed by atoms with van der Waals surface area (Å²) in [5.74, 6) is 0. The lowest BCUT2D eigenvalue weighted by atomic mass is 9.99. The van der Waals surface area contributed by atoms with Crippen LogP contribution in [0.25, 0.3) is 0 Å². The summed E-state index contributed by atoms with van der Waals surface area (Å²) in [7, 11) is 0. The molecule has 0 spiro atoms. The van der Waals surface area contributed by atoms with E-state index in [0.717, 1.165) is 25.9 Å². The fourth-order valence-electron chi connectivity index (χ4n) is 1.72. The van der Waals surface area contributed by atoms with Crippen LogP contribution in [0.2, 0.25) is 0 Å². The zero-order valence-corrected chi connectivity index (χ0v) is 7.16. The van der Waals surface area contributed by atoms with E-state index in [4.69, 9.17) is 10.8 Å². The SMILES string of the molecule is CCN1C[C@H](N)CC[C@H]1CO. The average molecular weight is 158 g/mol. The highest BCUT2D eigenvalue weighted by atomic mass is 16.3. The molecular weight excluding hydrogens is 140 g/mol. The molecule has 3 N–H and O–H groups in total. The molecule has 2 atom stereocenters. The second kappa shape index (κ2) is 4.04. The van der Waals surface area contributed by atoms with Crippen LogP contribution in [0.1, 0.15) is 19.8 Å². The van der Waals surface area contributed by atoms with Crippen molar-refractivity contribution in [2.75, 3.05) is 19.7 Å². The van der Waals surface area contributed by atoms with Crippen LogP contribution in [0, 0.1) is 0 Å². The van der Waals surface area contributed by atoms with Crippen LogP contribution in [0.15, 0.2) is 0 Å². The van der Waals surface area contributed by atoms with Crippen molar-refractivity contribution in [3.63, 3.8) is 0 Å². The molecule has 0 bridgehead atoms. The number of piperidine rings is 1. The van der Waals surface area contributed by atoms with Crippen molar-refractivity contribution in [2.24, 2.45) is 5.73 Å². The molecule has 0 saturated carbocycles. The molecule has 0 radical (unpaired) electrons. The van der Waals surface area contributed by atoms with Gasteiger partial charge in [0, 0.05) is 18.6 Å². The Bertz CT molecular complexity index is 119. The van der Waals surface area contributed by atoms with Crippen LogP contribution in [-0.4, -0.2) is 41.8 Å². The lowest BCUT2D eigenvalue weighted by Gasteiger charge is -2.36. The average Bonchev–Trinajstić information content (AvgIpc) is 2.04. The molecule has 0 aliphatic carbocycles. The van der Waals surface area contributed by atoms with Gasteiger partial charge >= 0.3 is 0 Å². The molecule has 0 aromatic carbocycles. The number of hydrogen-bond acceptors (Lipinski definition) is 3. The summed E-state index contributed by atoms with van der Waals surface area (Å²) >= 11 is 0. The summed E-state index contributed by atoms with van der Waals surface area (Å²) in [5, 5.41) is 9.00. The van der Waals surface area contributed by atoms with Crippen molar-refractivity contribution in [1.29, 1.82) is 0 Å². The van der Waals surface area contributed by atoms with Gasteiger partial charge in [0.25, 0.3) is 0 Å². The summed E-state index contributed by atoms with van der Waals surface area (Å²) < 4.78 is 0. The highest BCUT2D eigenvalue weighted by Crippen LogP contribution is 2.14. The van der Waals surface area contributed by atoms with Gasteiger partial charge < -0.3 is 10.8 Å². The molecule has 1 saturated heterocycles. The maximum Gasteiger partial charge on any atom is 0.0586 e. The van der Waals surface area contributed by atoms with Crippen LogP contribution in [0.3, 0.4) is 0 Å². The number of hydrogen-bond donors (Lipinski definition) is 2. The maximum atomic E-state index is 9.00. The van der Waals surface area contributed by atoms with Crippen molar-refractivity contribution in [1.82, 2.24) is 4.90 Å². The molecule has 1 aliphatic rings. The Labute approximate surface area is 68.2 Å². The Kier molecular flexibility index (Phi) is 3.30. The van der Waals surface area contributed by atoms with Gasteiger partial charge in [-0.1, -0.05) is 6.92 Å². The number of nitrogens with zero attached hydrogens (tertiary/aromatic N) is 1. The van der Waals surface area contributed by atoms with Crippen molar-refractivity contribution in [2.45, 2.75) is 31.8 Å². The quantitative estimate of drug-likeness (QED) is 0.584. The number of nitrogens with two attached hydrogens (primary N) is 1. The third-order valence-corrected chi connectivity index (χ3v) is 2.47. The molecule has 11 heavy (non-hydrogen) atoms. The first-order valence-electron chi connectivity index (χ1n) is 4.38. The molecule has 1 aliphatic heterocycles. The molecule has 1 fully saturated rings. The van der Waals surface area contributed by atoms with E-state index in [9.17, 15) is 0 Å². The van der Waals surface area contributed by atoms with Gasteiger partial charge in [-0.25, -0.2) is 0 Å².